The first-order valence-corrected chi connectivity index (χ1v) is 6.95. The molecule has 0 unspecified atom stereocenters. The molecule has 1 heterocycles. The second-order valence-electron chi connectivity index (χ2n) is 5.49. The molecule has 1 aromatic carbocycles. The number of Topliss-reactive ketones (excluding diaryl/α,β-unsaturated/α-hetero) is 1. The summed E-state index contributed by atoms with van der Waals surface area (Å²) in [5.74, 6) is -0.895. The molecule has 0 aliphatic carbocycles. The molecule has 2 rings (SSSR count). The van der Waals surface area contributed by atoms with E-state index in [1.165, 1.54) is 6.07 Å². The molecule has 1 aliphatic rings. The van der Waals surface area contributed by atoms with E-state index in [9.17, 15) is 14.3 Å². The summed E-state index contributed by atoms with van der Waals surface area (Å²) in [6.07, 6.45) is 0. The zero-order valence-corrected chi connectivity index (χ0v) is 12.0. The van der Waals surface area contributed by atoms with Crippen LogP contribution >= 0.6 is 0 Å². The van der Waals surface area contributed by atoms with Crippen LogP contribution in [0.4, 0.5) is 4.39 Å². The Morgan fingerprint density at radius 3 is 2.55 bits per heavy atom. The van der Waals surface area contributed by atoms with Crippen molar-refractivity contribution >= 4 is 5.78 Å². The molecule has 0 radical (unpaired) electrons. The quantitative estimate of drug-likeness (QED) is 0.853. The summed E-state index contributed by atoms with van der Waals surface area (Å²) in [4.78, 5) is 16.5. The highest BCUT2D eigenvalue weighted by Crippen LogP contribution is 2.19. The number of hydrogen-bond acceptors (Lipinski definition) is 4. The maximum atomic E-state index is 13.1. The van der Waals surface area contributed by atoms with E-state index in [-0.39, 0.29) is 23.6 Å². The highest BCUT2D eigenvalue weighted by Gasteiger charge is 2.22. The van der Waals surface area contributed by atoms with Crippen molar-refractivity contribution in [3.63, 3.8) is 0 Å². The fraction of sp³-hybridized carbons (Fsp3) is 0.533. The average molecular weight is 280 g/mol. The Morgan fingerprint density at radius 1 is 1.30 bits per heavy atom. The predicted molar refractivity (Wildman–Crippen MR) is 75.5 cm³/mol. The molecule has 0 aromatic heterocycles. The maximum Gasteiger partial charge on any atom is 0.180 e. The number of rotatable bonds is 4. The third-order valence-corrected chi connectivity index (χ3v) is 3.76. The third-order valence-electron chi connectivity index (χ3n) is 3.76. The van der Waals surface area contributed by atoms with Gasteiger partial charge in [-0.1, -0.05) is 0 Å². The predicted octanol–water partition coefficient (Wildman–Crippen LogP) is 1.74. The first kappa shape index (κ1) is 14.9. The molecule has 0 atom stereocenters. The summed E-state index contributed by atoms with van der Waals surface area (Å²) in [5.41, 5.74) is 0.0660. The molecular formula is C15H21FN2O2. The van der Waals surface area contributed by atoms with E-state index < -0.39 is 5.82 Å². The summed E-state index contributed by atoms with van der Waals surface area (Å²) in [7, 11) is 0. The molecule has 1 N–H and O–H groups in total. The Kier molecular flexibility index (Phi) is 4.73. The molecule has 4 nitrogen and oxygen atoms in total. The summed E-state index contributed by atoms with van der Waals surface area (Å²) < 4.78 is 13.1. The first-order chi connectivity index (χ1) is 9.47. The Hall–Kier alpha value is -1.46. The lowest BCUT2D eigenvalue weighted by molar-refractivity contribution is 0.0805. The average Bonchev–Trinajstić information content (AvgIpc) is 2.42. The molecule has 1 aromatic rings. The Bertz CT molecular complexity index is 483. The van der Waals surface area contributed by atoms with Gasteiger partial charge in [0.15, 0.2) is 5.78 Å². The molecule has 1 aliphatic heterocycles. The summed E-state index contributed by atoms with van der Waals surface area (Å²) in [5, 5.41) is 9.64. The second-order valence-corrected chi connectivity index (χ2v) is 5.49. The number of phenols is 1. The second kappa shape index (κ2) is 6.33. The Morgan fingerprint density at radius 2 is 1.95 bits per heavy atom. The van der Waals surface area contributed by atoms with Crippen LogP contribution in [0.25, 0.3) is 0 Å². The van der Waals surface area contributed by atoms with Gasteiger partial charge in [-0.15, -0.1) is 0 Å². The number of hydrogen-bond donors (Lipinski definition) is 1. The van der Waals surface area contributed by atoms with E-state index in [4.69, 9.17) is 0 Å². The highest BCUT2D eigenvalue weighted by molar-refractivity contribution is 6.00. The van der Waals surface area contributed by atoms with Gasteiger partial charge in [-0.05, 0) is 32.0 Å². The van der Waals surface area contributed by atoms with Crippen LogP contribution in [-0.2, 0) is 0 Å². The number of benzene rings is 1. The third kappa shape index (κ3) is 3.55. The van der Waals surface area contributed by atoms with Crippen molar-refractivity contribution in [1.82, 2.24) is 9.80 Å². The van der Waals surface area contributed by atoms with Crippen molar-refractivity contribution < 1.29 is 14.3 Å². The number of aromatic hydroxyl groups is 1. The molecule has 1 saturated heterocycles. The van der Waals surface area contributed by atoms with Crippen molar-refractivity contribution in [3.05, 3.63) is 29.6 Å². The number of phenolic OH excluding ortho intramolecular Hbond substituents is 1. The number of nitrogens with zero attached hydrogens (tertiary/aromatic N) is 2. The van der Waals surface area contributed by atoms with Gasteiger partial charge in [0.25, 0.3) is 0 Å². The van der Waals surface area contributed by atoms with Gasteiger partial charge < -0.3 is 5.11 Å². The number of carbonyl (C=O) groups excluding carboxylic acids is 1. The van der Waals surface area contributed by atoms with Crippen LogP contribution in [0, 0.1) is 5.82 Å². The largest absolute Gasteiger partial charge is 0.507 e. The van der Waals surface area contributed by atoms with E-state index >= 15 is 0 Å². The Labute approximate surface area is 118 Å². The molecule has 5 heteroatoms. The van der Waals surface area contributed by atoms with E-state index in [2.05, 4.69) is 18.7 Å². The normalized spacial score (nSPS) is 17.6. The Balaban J connectivity index is 1.94. The molecule has 110 valence electrons. The van der Waals surface area contributed by atoms with E-state index in [0.29, 0.717) is 6.04 Å². The minimum Gasteiger partial charge on any atom is -0.507 e. The fourth-order valence-corrected chi connectivity index (χ4v) is 2.46. The van der Waals surface area contributed by atoms with Crippen molar-refractivity contribution in [2.24, 2.45) is 0 Å². The fourth-order valence-electron chi connectivity index (χ4n) is 2.46. The zero-order chi connectivity index (χ0) is 14.7. The van der Waals surface area contributed by atoms with E-state index in [1.807, 2.05) is 4.90 Å². The molecule has 0 saturated carbocycles. The lowest BCUT2D eigenvalue weighted by Gasteiger charge is -2.36. The van der Waals surface area contributed by atoms with Crippen LogP contribution in [0.15, 0.2) is 18.2 Å². The number of piperazine rings is 1. The zero-order valence-electron chi connectivity index (χ0n) is 12.0. The van der Waals surface area contributed by atoms with Gasteiger partial charge in [-0.25, -0.2) is 4.39 Å². The van der Waals surface area contributed by atoms with Crippen molar-refractivity contribution in [3.8, 4) is 5.75 Å². The first-order valence-electron chi connectivity index (χ1n) is 6.95. The number of carbonyl (C=O) groups is 1. The number of ketones is 1. The summed E-state index contributed by atoms with van der Waals surface area (Å²) >= 11 is 0. The van der Waals surface area contributed by atoms with Crippen molar-refractivity contribution in [2.45, 2.75) is 19.9 Å². The standard InChI is InChI=1S/C15H21FN2O2/c1-11(2)18-7-5-17(6-8-18)10-15(20)13-9-12(16)3-4-14(13)19/h3-4,9,11,19H,5-8,10H2,1-2H3. The highest BCUT2D eigenvalue weighted by atomic mass is 19.1. The van der Waals surface area contributed by atoms with Crippen LogP contribution in [0.5, 0.6) is 5.75 Å². The van der Waals surface area contributed by atoms with Crippen LogP contribution < -0.4 is 0 Å². The maximum absolute atomic E-state index is 13.1. The van der Waals surface area contributed by atoms with Crippen LogP contribution in [0.1, 0.15) is 24.2 Å². The van der Waals surface area contributed by atoms with Gasteiger partial charge in [0.1, 0.15) is 11.6 Å². The van der Waals surface area contributed by atoms with Crippen LogP contribution in [0.2, 0.25) is 0 Å². The van der Waals surface area contributed by atoms with E-state index in [0.717, 1.165) is 38.3 Å². The molecule has 20 heavy (non-hydrogen) atoms. The van der Waals surface area contributed by atoms with Crippen LogP contribution in [0.3, 0.4) is 0 Å². The topological polar surface area (TPSA) is 43.8 Å². The monoisotopic (exact) mass is 280 g/mol. The van der Waals surface area contributed by atoms with Crippen molar-refractivity contribution in [2.75, 3.05) is 32.7 Å². The minimum atomic E-state index is -0.504. The van der Waals surface area contributed by atoms with Gasteiger partial charge >= 0.3 is 0 Å². The lowest BCUT2D eigenvalue weighted by Crippen LogP contribution is -2.50. The van der Waals surface area contributed by atoms with Gasteiger partial charge in [-0.2, -0.15) is 0 Å². The molecule has 0 bridgehead atoms. The van der Waals surface area contributed by atoms with Gasteiger partial charge in [-0.3, -0.25) is 14.6 Å². The van der Waals surface area contributed by atoms with Gasteiger partial charge in [0, 0.05) is 32.2 Å². The molecule has 1 fully saturated rings. The molecule has 0 amide bonds. The van der Waals surface area contributed by atoms with Crippen LogP contribution in [-0.4, -0.2) is 59.5 Å². The molecule has 0 spiro atoms. The number of halogens is 1. The lowest BCUT2D eigenvalue weighted by atomic mass is 10.1. The van der Waals surface area contributed by atoms with E-state index in [1.54, 1.807) is 0 Å². The summed E-state index contributed by atoms with van der Waals surface area (Å²) in [6, 6.07) is 3.98. The smallest absolute Gasteiger partial charge is 0.180 e. The summed E-state index contributed by atoms with van der Waals surface area (Å²) in [6.45, 7) is 8.04. The minimum absolute atomic E-state index is 0.0660. The molecular weight excluding hydrogens is 259 g/mol. The van der Waals surface area contributed by atoms with Gasteiger partial charge in [0.2, 0.25) is 0 Å². The van der Waals surface area contributed by atoms with Gasteiger partial charge in [0.05, 0.1) is 12.1 Å². The SMILES string of the molecule is CC(C)N1CCN(CC(=O)c2cc(F)ccc2O)CC1. The van der Waals surface area contributed by atoms with Crippen molar-refractivity contribution in [1.29, 1.82) is 0 Å².